The molecule has 5 nitrogen and oxygen atoms in total. The molecule has 3 aromatic rings. The zero-order valence-corrected chi connectivity index (χ0v) is 18.4. The van der Waals surface area contributed by atoms with Crippen LogP contribution in [0.3, 0.4) is 0 Å². The SMILES string of the molecule is COc1ccccc1-c1cc2c(c(C(=O)O)c1-c1ccccc1OC)CCNCC2.Cl. The van der Waals surface area contributed by atoms with Crippen molar-refractivity contribution in [2.45, 2.75) is 12.8 Å². The number of hydrogen-bond acceptors (Lipinski definition) is 4. The molecule has 31 heavy (non-hydrogen) atoms. The zero-order chi connectivity index (χ0) is 21.1. The van der Waals surface area contributed by atoms with Gasteiger partial charge in [-0.2, -0.15) is 0 Å². The molecule has 0 atom stereocenters. The normalized spacial score (nSPS) is 12.8. The third-order valence-electron chi connectivity index (χ3n) is 5.64. The highest BCUT2D eigenvalue weighted by atomic mass is 35.5. The lowest BCUT2D eigenvalue weighted by Crippen LogP contribution is -2.16. The molecule has 0 spiro atoms. The van der Waals surface area contributed by atoms with Gasteiger partial charge in [0.25, 0.3) is 0 Å². The van der Waals surface area contributed by atoms with Crippen molar-refractivity contribution in [1.29, 1.82) is 0 Å². The third kappa shape index (κ3) is 4.24. The molecule has 0 aliphatic carbocycles. The van der Waals surface area contributed by atoms with Gasteiger partial charge in [0.2, 0.25) is 0 Å². The van der Waals surface area contributed by atoms with Gasteiger partial charge in [-0.1, -0.05) is 42.5 Å². The van der Waals surface area contributed by atoms with E-state index < -0.39 is 5.97 Å². The summed E-state index contributed by atoms with van der Waals surface area (Å²) in [5.74, 6) is 0.422. The number of benzene rings is 3. The molecule has 2 N–H and O–H groups in total. The maximum absolute atomic E-state index is 12.6. The van der Waals surface area contributed by atoms with Gasteiger partial charge >= 0.3 is 5.97 Å². The minimum absolute atomic E-state index is 0. The number of halogens is 1. The van der Waals surface area contributed by atoms with Gasteiger partial charge < -0.3 is 19.9 Å². The van der Waals surface area contributed by atoms with E-state index in [0.29, 0.717) is 29.0 Å². The Morgan fingerprint density at radius 1 is 0.871 bits per heavy atom. The first-order chi connectivity index (χ1) is 14.7. The van der Waals surface area contributed by atoms with Crippen LogP contribution in [-0.2, 0) is 12.8 Å². The number of nitrogens with one attached hydrogen (secondary N) is 1. The van der Waals surface area contributed by atoms with Gasteiger partial charge in [-0.05, 0) is 54.8 Å². The van der Waals surface area contributed by atoms with Crippen molar-refractivity contribution >= 4 is 18.4 Å². The summed E-state index contributed by atoms with van der Waals surface area (Å²) in [6, 6.07) is 17.4. The molecule has 0 saturated heterocycles. The Labute approximate surface area is 188 Å². The first kappa shape index (κ1) is 22.7. The average molecular weight is 440 g/mol. The van der Waals surface area contributed by atoms with Gasteiger partial charge in [-0.25, -0.2) is 4.79 Å². The van der Waals surface area contributed by atoms with Crippen LogP contribution in [0.5, 0.6) is 11.5 Å². The molecule has 4 rings (SSSR count). The number of methoxy groups -OCH3 is 2. The molecule has 0 fully saturated rings. The Bertz CT molecular complexity index is 1100. The number of carboxylic acids is 1. The molecule has 6 heteroatoms. The van der Waals surface area contributed by atoms with Crippen molar-refractivity contribution in [3.8, 4) is 33.8 Å². The number of carboxylic acid groups (broad SMARTS) is 1. The van der Waals surface area contributed by atoms with E-state index in [1.54, 1.807) is 14.2 Å². The molecule has 0 saturated carbocycles. The summed E-state index contributed by atoms with van der Waals surface area (Å²) in [5.41, 5.74) is 5.45. The van der Waals surface area contributed by atoms with E-state index in [0.717, 1.165) is 47.3 Å². The van der Waals surface area contributed by atoms with Crippen LogP contribution >= 0.6 is 12.4 Å². The van der Waals surface area contributed by atoms with E-state index in [2.05, 4.69) is 11.4 Å². The van der Waals surface area contributed by atoms with Crippen molar-refractivity contribution < 1.29 is 19.4 Å². The number of aromatic carboxylic acids is 1. The van der Waals surface area contributed by atoms with Gasteiger partial charge in [0.15, 0.2) is 0 Å². The quantitative estimate of drug-likeness (QED) is 0.595. The fourth-order valence-electron chi connectivity index (χ4n) is 4.30. The van der Waals surface area contributed by atoms with Gasteiger partial charge in [0.1, 0.15) is 11.5 Å². The van der Waals surface area contributed by atoms with Gasteiger partial charge in [-0.15, -0.1) is 12.4 Å². The minimum atomic E-state index is -0.925. The van der Waals surface area contributed by atoms with Crippen LogP contribution in [0.1, 0.15) is 21.5 Å². The Balaban J connectivity index is 0.00000272. The maximum atomic E-state index is 12.6. The average Bonchev–Trinajstić information content (AvgIpc) is 3.02. The predicted molar refractivity (Wildman–Crippen MR) is 125 cm³/mol. The molecule has 1 aliphatic rings. The van der Waals surface area contributed by atoms with Crippen molar-refractivity contribution in [3.63, 3.8) is 0 Å². The first-order valence-electron chi connectivity index (χ1n) is 10.0. The van der Waals surface area contributed by atoms with Gasteiger partial charge in [0.05, 0.1) is 19.8 Å². The van der Waals surface area contributed by atoms with E-state index in [1.165, 1.54) is 0 Å². The fourth-order valence-corrected chi connectivity index (χ4v) is 4.30. The number of fused-ring (bicyclic) bond motifs is 1. The van der Waals surface area contributed by atoms with Crippen molar-refractivity contribution in [2.75, 3.05) is 27.3 Å². The highest BCUT2D eigenvalue weighted by molar-refractivity contribution is 6.04. The molecule has 0 bridgehead atoms. The van der Waals surface area contributed by atoms with E-state index >= 15 is 0 Å². The molecular formula is C25H26ClNO4. The molecular weight excluding hydrogens is 414 g/mol. The summed E-state index contributed by atoms with van der Waals surface area (Å²) in [5, 5.41) is 13.7. The van der Waals surface area contributed by atoms with E-state index in [9.17, 15) is 9.90 Å². The molecule has 0 unspecified atom stereocenters. The van der Waals surface area contributed by atoms with Crippen molar-refractivity contribution in [2.24, 2.45) is 0 Å². The molecule has 0 aromatic heterocycles. The first-order valence-corrected chi connectivity index (χ1v) is 10.0. The van der Waals surface area contributed by atoms with Crippen LogP contribution in [0.4, 0.5) is 0 Å². The van der Waals surface area contributed by atoms with Crippen LogP contribution in [0.15, 0.2) is 54.6 Å². The summed E-state index contributed by atoms with van der Waals surface area (Å²) in [4.78, 5) is 12.6. The molecule has 162 valence electrons. The standard InChI is InChI=1S/C25H25NO4.ClH/c1-29-21-9-5-3-7-18(21)20-15-16-11-13-26-14-12-17(16)24(25(27)28)23(20)19-8-4-6-10-22(19)30-2;/h3-10,15,26H,11-14H2,1-2H3,(H,27,28);1H. The monoisotopic (exact) mass is 439 g/mol. The fraction of sp³-hybridized carbons (Fsp3) is 0.240. The highest BCUT2D eigenvalue weighted by Gasteiger charge is 2.27. The largest absolute Gasteiger partial charge is 0.496 e. The second-order valence-corrected chi connectivity index (χ2v) is 7.27. The Morgan fingerprint density at radius 3 is 2.10 bits per heavy atom. The van der Waals surface area contributed by atoms with Crippen LogP contribution < -0.4 is 14.8 Å². The van der Waals surface area contributed by atoms with Crippen LogP contribution in [0.25, 0.3) is 22.3 Å². The second kappa shape index (κ2) is 9.86. The lowest BCUT2D eigenvalue weighted by molar-refractivity contribution is 0.0696. The smallest absolute Gasteiger partial charge is 0.336 e. The lowest BCUT2D eigenvalue weighted by atomic mass is 9.83. The van der Waals surface area contributed by atoms with Crippen LogP contribution in [-0.4, -0.2) is 38.4 Å². The number of hydrogen-bond donors (Lipinski definition) is 2. The van der Waals surface area contributed by atoms with Gasteiger partial charge in [-0.3, -0.25) is 0 Å². The van der Waals surface area contributed by atoms with E-state index in [4.69, 9.17) is 9.47 Å². The summed E-state index contributed by atoms with van der Waals surface area (Å²) in [6.45, 7) is 1.58. The molecule has 3 aromatic carbocycles. The second-order valence-electron chi connectivity index (χ2n) is 7.27. The number of carbonyl (C=O) groups is 1. The molecule has 0 amide bonds. The van der Waals surface area contributed by atoms with Crippen LogP contribution in [0, 0.1) is 0 Å². The minimum Gasteiger partial charge on any atom is -0.496 e. The Kier molecular flexibility index (Phi) is 7.21. The Hall–Kier alpha value is -3.02. The summed E-state index contributed by atoms with van der Waals surface area (Å²) in [7, 11) is 3.24. The van der Waals surface area contributed by atoms with E-state index in [-0.39, 0.29) is 12.4 Å². The Morgan fingerprint density at radius 2 is 1.45 bits per heavy atom. The number of para-hydroxylation sites is 2. The van der Waals surface area contributed by atoms with E-state index in [1.807, 2.05) is 48.5 Å². The summed E-state index contributed by atoms with van der Waals surface area (Å²) in [6.07, 6.45) is 1.45. The third-order valence-corrected chi connectivity index (χ3v) is 5.64. The van der Waals surface area contributed by atoms with Crippen LogP contribution in [0.2, 0.25) is 0 Å². The van der Waals surface area contributed by atoms with Gasteiger partial charge in [0, 0.05) is 16.7 Å². The predicted octanol–water partition coefficient (Wildman–Crippen LogP) is 4.85. The summed E-state index contributed by atoms with van der Waals surface area (Å²) < 4.78 is 11.2. The number of rotatable bonds is 5. The summed E-state index contributed by atoms with van der Waals surface area (Å²) >= 11 is 0. The molecule has 0 radical (unpaired) electrons. The van der Waals surface area contributed by atoms with Crippen molar-refractivity contribution in [3.05, 3.63) is 71.3 Å². The number of ether oxygens (including phenoxy) is 2. The molecule has 1 heterocycles. The highest BCUT2D eigenvalue weighted by Crippen LogP contribution is 2.45. The zero-order valence-electron chi connectivity index (χ0n) is 17.6. The maximum Gasteiger partial charge on any atom is 0.336 e. The molecule has 1 aliphatic heterocycles. The topological polar surface area (TPSA) is 67.8 Å². The lowest BCUT2D eigenvalue weighted by Gasteiger charge is -2.22. The van der Waals surface area contributed by atoms with Crippen molar-refractivity contribution in [1.82, 2.24) is 5.32 Å².